The van der Waals surface area contributed by atoms with Crippen LogP contribution in [0.1, 0.15) is 16.6 Å². The quantitative estimate of drug-likeness (QED) is 0.838. The van der Waals surface area contributed by atoms with Gasteiger partial charge in [0.2, 0.25) is 5.91 Å². The van der Waals surface area contributed by atoms with Gasteiger partial charge in [0, 0.05) is 33.1 Å². The predicted molar refractivity (Wildman–Crippen MR) is 65.6 cm³/mol. The first-order chi connectivity index (χ1) is 8.16. The molecule has 5 nitrogen and oxygen atoms in total. The van der Waals surface area contributed by atoms with Crippen LogP contribution in [0.5, 0.6) is 0 Å². The Bertz CT molecular complexity index is 397. The molecule has 0 aromatic carbocycles. The van der Waals surface area contributed by atoms with Gasteiger partial charge < -0.3 is 4.90 Å². The van der Waals surface area contributed by atoms with Gasteiger partial charge in [-0.2, -0.15) is 0 Å². The van der Waals surface area contributed by atoms with Crippen LogP contribution in [0.25, 0.3) is 0 Å². The maximum absolute atomic E-state index is 11.8. The number of nitrogens with zero attached hydrogens (tertiary/aromatic N) is 2. The van der Waals surface area contributed by atoms with Gasteiger partial charge in [0.25, 0.3) is 5.91 Å². The number of hydrazine groups is 1. The fourth-order valence-electron chi connectivity index (χ4n) is 1.74. The minimum atomic E-state index is -0.0729. The highest BCUT2D eigenvalue weighted by atomic mass is 32.1. The summed E-state index contributed by atoms with van der Waals surface area (Å²) in [6.07, 6.45) is 0. The van der Waals surface area contributed by atoms with Crippen LogP contribution >= 0.6 is 11.3 Å². The zero-order valence-electron chi connectivity index (χ0n) is 9.68. The second kappa shape index (κ2) is 5.29. The van der Waals surface area contributed by atoms with E-state index in [4.69, 9.17) is 0 Å². The normalized spacial score (nSPS) is 16.9. The van der Waals surface area contributed by atoms with E-state index in [1.54, 1.807) is 17.9 Å². The third-order valence-corrected chi connectivity index (χ3v) is 3.60. The van der Waals surface area contributed by atoms with Gasteiger partial charge in [-0.3, -0.25) is 15.0 Å². The molecule has 0 unspecified atom stereocenters. The number of hydrogen-bond donors (Lipinski definition) is 1. The largest absolute Gasteiger partial charge is 0.340 e. The van der Waals surface area contributed by atoms with Gasteiger partial charge in [0.15, 0.2) is 0 Å². The van der Waals surface area contributed by atoms with E-state index in [0.29, 0.717) is 31.1 Å². The van der Waals surface area contributed by atoms with Crippen molar-refractivity contribution in [2.75, 3.05) is 26.2 Å². The molecule has 1 fully saturated rings. The average molecular weight is 253 g/mol. The van der Waals surface area contributed by atoms with Crippen molar-refractivity contribution in [3.63, 3.8) is 0 Å². The molecule has 6 heteroatoms. The minimum absolute atomic E-state index is 0.0729. The van der Waals surface area contributed by atoms with E-state index in [2.05, 4.69) is 5.43 Å². The van der Waals surface area contributed by atoms with Crippen molar-refractivity contribution in [1.29, 1.82) is 0 Å². The highest BCUT2D eigenvalue weighted by Crippen LogP contribution is 2.08. The Hall–Kier alpha value is -1.40. The lowest BCUT2D eigenvalue weighted by molar-refractivity contribution is -0.130. The lowest BCUT2D eigenvalue weighted by Gasteiger charge is -2.33. The van der Waals surface area contributed by atoms with Gasteiger partial charge >= 0.3 is 0 Å². The fraction of sp³-hybridized carbons (Fsp3) is 0.455. The van der Waals surface area contributed by atoms with Crippen molar-refractivity contribution in [3.05, 3.63) is 22.4 Å². The molecular weight excluding hydrogens is 238 g/mol. The Labute approximate surface area is 104 Å². The van der Waals surface area contributed by atoms with Crippen LogP contribution in [0.3, 0.4) is 0 Å². The Morgan fingerprint density at radius 2 is 2.00 bits per heavy atom. The summed E-state index contributed by atoms with van der Waals surface area (Å²) in [4.78, 5) is 25.4. The Kier molecular flexibility index (Phi) is 3.75. The molecule has 1 aromatic rings. The van der Waals surface area contributed by atoms with E-state index in [0.717, 1.165) is 0 Å². The van der Waals surface area contributed by atoms with Gasteiger partial charge in [-0.25, -0.2) is 5.01 Å². The van der Waals surface area contributed by atoms with Gasteiger partial charge in [-0.05, 0) is 11.4 Å². The van der Waals surface area contributed by atoms with E-state index < -0.39 is 0 Å². The molecule has 92 valence electrons. The zero-order valence-corrected chi connectivity index (χ0v) is 10.5. The van der Waals surface area contributed by atoms with Crippen molar-refractivity contribution in [2.45, 2.75) is 6.92 Å². The monoisotopic (exact) mass is 253 g/mol. The Morgan fingerprint density at radius 3 is 2.53 bits per heavy atom. The number of nitrogens with one attached hydrogen (secondary N) is 1. The van der Waals surface area contributed by atoms with Crippen molar-refractivity contribution in [1.82, 2.24) is 15.3 Å². The lowest BCUT2D eigenvalue weighted by Crippen LogP contribution is -2.54. The minimum Gasteiger partial charge on any atom is -0.340 e. The van der Waals surface area contributed by atoms with Gasteiger partial charge in [-0.15, -0.1) is 11.3 Å². The fourth-order valence-corrected chi connectivity index (χ4v) is 2.35. The topological polar surface area (TPSA) is 52.7 Å². The first kappa shape index (κ1) is 12.1. The van der Waals surface area contributed by atoms with E-state index >= 15 is 0 Å². The molecular formula is C11H15N3O2S. The van der Waals surface area contributed by atoms with Gasteiger partial charge in [0.05, 0.1) is 4.88 Å². The highest BCUT2D eigenvalue weighted by Gasteiger charge is 2.20. The highest BCUT2D eigenvalue weighted by molar-refractivity contribution is 7.12. The summed E-state index contributed by atoms with van der Waals surface area (Å²) < 4.78 is 0. The molecule has 2 heterocycles. The number of thiophene rings is 1. The Balaban J connectivity index is 1.82. The summed E-state index contributed by atoms with van der Waals surface area (Å²) in [5.74, 6) is 0.0190. The third kappa shape index (κ3) is 3.04. The van der Waals surface area contributed by atoms with Crippen LogP contribution in [-0.2, 0) is 4.79 Å². The molecule has 0 radical (unpaired) electrons. The smallest absolute Gasteiger partial charge is 0.275 e. The van der Waals surface area contributed by atoms with Crippen molar-refractivity contribution in [3.8, 4) is 0 Å². The van der Waals surface area contributed by atoms with Crippen LogP contribution in [0.4, 0.5) is 0 Å². The molecule has 17 heavy (non-hydrogen) atoms. The van der Waals surface area contributed by atoms with Crippen LogP contribution < -0.4 is 5.43 Å². The molecule has 2 amide bonds. The average Bonchev–Trinajstić information content (AvgIpc) is 2.83. The summed E-state index contributed by atoms with van der Waals surface area (Å²) in [6.45, 7) is 4.26. The van der Waals surface area contributed by atoms with Gasteiger partial charge in [0.1, 0.15) is 0 Å². The molecule has 1 aliphatic rings. The molecule has 1 saturated heterocycles. The maximum Gasteiger partial charge on any atom is 0.275 e. The summed E-state index contributed by atoms with van der Waals surface area (Å²) in [5, 5.41) is 3.74. The molecule has 0 atom stereocenters. The Morgan fingerprint density at radius 1 is 1.29 bits per heavy atom. The molecule has 1 N–H and O–H groups in total. The number of carbonyl (C=O) groups excluding carboxylic acids is 2. The number of amides is 2. The molecule has 1 aromatic heterocycles. The molecule has 0 bridgehead atoms. The van der Waals surface area contributed by atoms with Crippen LogP contribution in [0.15, 0.2) is 17.5 Å². The van der Waals surface area contributed by atoms with E-state index in [1.165, 1.54) is 11.3 Å². The third-order valence-electron chi connectivity index (χ3n) is 2.73. The van der Waals surface area contributed by atoms with E-state index in [-0.39, 0.29) is 11.8 Å². The number of rotatable bonds is 2. The second-order valence-corrected chi connectivity index (χ2v) is 4.86. The first-order valence-electron chi connectivity index (χ1n) is 5.52. The molecule has 2 rings (SSSR count). The summed E-state index contributed by atoms with van der Waals surface area (Å²) in [5.41, 5.74) is 2.85. The van der Waals surface area contributed by atoms with E-state index in [9.17, 15) is 9.59 Å². The zero-order chi connectivity index (χ0) is 12.3. The SMILES string of the molecule is CC(=O)N1CCN(NC(=O)c2cccs2)CC1. The lowest BCUT2D eigenvalue weighted by atomic mass is 10.3. The number of carbonyl (C=O) groups is 2. The summed E-state index contributed by atoms with van der Waals surface area (Å²) in [7, 11) is 0. The maximum atomic E-state index is 11.8. The van der Waals surface area contributed by atoms with Crippen molar-refractivity contribution in [2.24, 2.45) is 0 Å². The number of hydrogen-bond acceptors (Lipinski definition) is 4. The summed E-state index contributed by atoms with van der Waals surface area (Å²) >= 11 is 1.42. The summed E-state index contributed by atoms with van der Waals surface area (Å²) in [6, 6.07) is 3.65. The predicted octanol–water partition coefficient (Wildman–Crippen LogP) is 0.557. The van der Waals surface area contributed by atoms with Crippen LogP contribution in [0.2, 0.25) is 0 Å². The van der Waals surface area contributed by atoms with Crippen molar-refractivity contribution >= 4 is 23.2 Å². The van der Waals surface area contributed by atoms with Gasteiger partial charge in [-0.1, -0.05) is 6.07 Å². The molecule has 0 spiro atoms. The molecule has 1 aliphatic heterocycles. The van der Waals surface area contributed by atoms with E-state index in [1.807, 2.05) is 16.5 Å². The molecule has 0 saturated carbocycles. The number of piperazine rings is 1. The standard InChI is InChI=1S/C11H15N3O2S/c1-9(15)13-4-6-14(7-5-13)12-11(16)10-3-2-8-17-10/h2-3,8H,4-7H2,1H3,(H,12,16). The first-order valence-corrected chi connectivity index (χ1v) is 6.40. The van der Waals surface area contributed by atoms with Crippen LogP contribution in [-0.4, -0.2) is 47.9 Å². The van der Waals surface area contributed by atoms with Crippen LogP contribution in [0, 0.1) is 0 Å². The van der Waals surface area contributed by atoms with Crippen molar-refractivity contribution < 1.29 is 9.59 Å². The molecule has 0 aliphatic carbocycles. The second-order valence-electron chi connectivity index (χ2n) is 3.91.